The third-order valence-electron chi connectivity index (χ3n) is 2.95. The van der Waals surface area contributed by atoms with E-state index in [0.29, 0.717) is 10.3 Å². The van der Waals surface area contributed by atoms with E-state index in [4.69, 9.17) is 11.6 Å². The number of alkyl halides is 3. The van der Waals surface area contributed by atoms with Gasteiger partial charge in [0.05, 0.1) is 22.0 Å². The minimum Gasteiger partial charge on any atom is -0.235 e. The number of hydrogen-bond acceptors (Lipinski definition) is 1. The first-order chi connectivity index (χ1) is 9.50. The molecule has 0 saturated heterocycles. The maximum atomic E-state index is 12.7. The van der Waals surface area contributed by atoms with Gasteiger partial charge >= 0.3 is 6.18 Å². The van der Waals surface area contributed by atoms with Crippen LogP contribution in [0.4, 0.5) is 13.2 Å². The average Bonchev–Trinajstić information content (AvgIpc) is 2.69. The second-order valence-electron chi connectivity index (χ2n) is 5.68. The summed E-state index contributed by atoms with van der Waals surface area (Å²) in [6.45, 7) is 5.97. The molecule has 0 aliphatic heterocycles. The molecule has 1 aromatic heterocycles. The standard InChI is InChI=1S/C14H13BrClF3N2/c1-13(2,3)11-7-12(15)20-21(11)10-5-4-8(6-9(10)16)14(17,18)19/h4-7H,1-3H3. The van der Waals surface area contributed by atoms with Gasteiger partial charge < -0.3 is 0 Å². The van der Waals surface area contributed by atoms with Gasteiger partial charge in [-0.15, -0.1) is 0 Å². The zero-order valence-electron chi connectivity index (χ0n) is 11.6. The van der Waals surface area contributed by atoms with Crippen LogP contribution in [0.3, 0.4) is 0 Å². The van der Waals surface area contributed by atoms with Crippen LogP contribution in [-0.2, 0) is 11.6 Å². The fourth-order valence-corrected chi connectivity index (χ4v) is 2.56. The Morgan fingerprint density at radius 2 is 1.76 bits per heavy atom. The molecule has 0 aliphatic rings. The van der Waals surface area contributed by atoms with Crippen molar-refractivity contribution in [2.45, 2.75) is 32.4 Å². The molecule has 0 radical (unpaired) electrons. The second kappa shape index (κ2) is 5.32. The normalized spacial score (nSPS) is 12.8. The lowest BCUT2D eigenvalue weighted by Crippen LogP contribution is -2.17. The van der Waals surface area contributed by atoms with Gasteiger partial charge in [0.2, 0.25) is 0 Å². The lowest BCUT2D eigenvalue weighted by molar-refractivity contribution is -0.137. The van der Waals surface area contributed by atoms with Gasteiger partial charge in [-0.3, -0.25) is 0 Å². The number of aromatic nitrogens is 2. The topological polar surface area (TPSA) is 17.8 Å². The minimum absolute atomic E-state index is 0.00549. The SMILES string of the molecule is CC(C)(C)c1cc(Br)nn1-c1ccc(C(F)(F)F)cc1Cl. The Kier molecular flexibility index (Phi) is 4.14. The third-order valence-corrected chi connectivity index (χ3v) is 3.64. The van der Waals surface area contributed by atoms with Crippen molar-refractivity contribution in [2.24, 2.45) is 0 Å². The zero-order chi connectivity index (χ0) is 16.0. The van der Waals surface area contributed by atoms with Crippen molar-refractivity contribution in [1.29, 1.82) is 0 Å². The van der Waals surface area contributed by atoms with Gasteiger partial charge in [-0.25, -0.2) is 4.68 Å². The van der Waals surface area contributed by atoms with E-state index in [9.17, 15) is 13.2 Å². The fourth-order valence-electron chi connectivity index (χ4n) is 1.93. The van der Waals surface area contributed by atoms with Crippen LogP contribution in [0.1, 0.15) is 32.0 Å². The largest absolute Gasteiger partial charge is 0.416 e. The molecule has 0 unspecified atom stereocenters. The van der Waals surface area contributed by atoms with Crippen molar-refractivity contribution in [2.75, 3.05) is 0 Å². The number of benzene rings is 1. The van der Waals surface area contributed by atoms with Gasteiger partial charge in [0, 0.05) is 5.41 Å². The van der Waals surface area contributed by atoms with E-state index >= 15 is 0 Å². The molecule has 0 fully saturated rings. The van der Waals surface area contributed by atoms with Crippen LogP contribution < -0.4 is 0 Å². The van der Waals surface area contributed by atoms with Crippen molar-refractivity contribution >= 4 is 27.5 Å². The molecule has 1 aromatic carbocycles. The van der Waals surface area contributed by atoms with Gasteiger partial charge in [0.15, 0.2) is 0 Å². The van der Waals surface area contributed by atoms with E-state index in [-0.39, 0.29) is 10.4 Å². The van der Waals surface area contributed by atoms with Crippen LogP contribution in [0.25, 0.3) is 5.69 Å². The van der Waals surface area contributed by atoms with E-state index in [1.165, 1.54) is 6.07 Å². The lowest BCUT2D eigenvalue weighted by atomic mass is 9.92. The average molecular weight is 382 g/mol. The molecule has 0 bridgehead atoms. The molecule has 0 atom stereocenters. The second-order valence-corrected chi connectivity index (χ2v) is 6.90. The molecule has 21 heavy (non-hydrogen) atoms. The van der Waals surface area contributed by atoms with Crippen molar-refractivity contribution in [3.05, 3.63) is 45.1 Å². The summed E-state index contributed by atoms with van der Waals surface area (Å²) in [6.07, 6.45) is -4.42. The quantitative estimate of drug-likeness (QED) is 0.628. The van der Waals surface area contributed by atoms with Crippen LogP contribution in [0.5, 0.6) is 0 Å². The van der Waals surface area contributed by atoms with Crippen LogP contribution in [0, 0.1) is 0 Å². The smallest absolute Gasteiger partial charge is 0.235 e. The number of nitrogens with zero attached hydrogens (tertiary/aromatic N) is 2. The molecule has 2 rings (SSSR count). The first-order valence-electron chi connectivity index (χ1n) is 6.13. The third kappa shape index (κ3) is 3.43. The first kappa shape index (κ1) is 16.4. The molecule has 1 heterocycles. The van der Waals surface area contributed by atoms with Crippen molar-refractivity contribution < 1.29 is 13.2 Å². The summed E-state index contributed by atoms with van der Waals surface area (Å²) >= 11 is 9.31. The number of halogens is 5. The van der Waals surface area contributed by atoms with E-state index in [2.05, 4.69) is 21.0 Å². The fraction of sp³-hybridized carbons (Fsp3) is 0.357. The highest BCUT2D eigenvalue weighted by Crippen LogP contribution is 2.35. The van der Waals surface area contributed by atoms with Crippen molar-refractivity contribution in [3.8, 4) is 5.69 Å². The molecule has 0 spiro atoms. The molecular formula is C14H13BrClF3N2. The Hall–Kier alpha value is -1.01. The van der Waals surface area contributed by atoms with E-state index in [1.54, 1.807) is 4.68 Å². The zero-order valence-corrected chi connectivity index (χ0v) is 13.9. The van der Waals surface area contributed by atoms with Gasteiger partial charge in [-0.1, -0.05) is 32.4 Å². The number of hydrogen-bond donors (Lipinski definition) is 0. The van der Waals surface area contributed by atoms with Crippen LogP contribution >= 0.6 is 27.5 Å². The molecule has 114 valence electrons. The van der Waals surface area contributed by atoms with Crippen LogP contribution in [0.15, 0.2) is 28.9 Å². The Bertz CT molecular complexity index is 672. The number of rotatable bonds is 1. The predicted molar refractivity (Wildman–Crippen MR) is 80.0 cm³/mol. The van der Waals surface area contributed by atoms with Crippen LogP contribution in [0.2, 0.25) is 5.02 Å². The minimum atomic E-state index is -4.42. The Balaban J connectivity index is 2.59. The summed E-state index contributed by atoms with van der Waals surface area (Å²) in [5.41, 5.74) is 0.251. The lowest BCUT2D eigenvalue weighted by Gasteiger charge is -2.21. The summed E-state index contributed by atoms with van der Waals surface area (Å²) in [5.74, 6) is 0. The van der Waals surface area contributed by atoms with E-state index in [0.717, 1.165) is 17.8 Å². The van der Waals surface area contributed by atoms with E-state index < -0.39 is 11.7 Å². The molecule has 0 saturated carbocycles. The van der Waals surface area contributed by atoms with Crippen molar-refractivity contribution in [1.82, 2.24) is 9.78 Å². The monoisotopic (exact) mass is 380 g/mol. The first-order valence-corrected chi connectivity index (χ1v) is 7.30. The summed E-state index contributed by atoms with van der Waals surface area (Å²) in [6, 6.07) is 5.08. The summed E-state index contributed by atoms with van der Waals surface area (Å²) in [5, 5.41) is 4.27. The molecule has 2 nitrogen and oxygen atoms in total. The Morgan fingerprint density at radius 3 is 2.24 bits per heavy atom. The van der Waals surface area contributed by atoms with E-state index in [1.807, 2.05) is 26.8 Å². The maximum Gasteiger partial charge on any atom is 0.416 e. The summed E-state index contributed by atoms with van der Waals surface area (Å²) in [7, 11) is 0. The summed E-state index contributed by atoms with van der Waals surface area (Å²) in [4.78, 5) is 0. The highest BCUT2D eigenvalue weighted by Gasteiger charge is 2.31. The Labute approximate surface area is 134 Å². The van der Waals surface area contributed by atoms with Gasteiger partial charge in [0.1, 0.15) is 4.60 Å². The van der Waals surface area contributed by atoms with Gasteiger partial charge in [-0.2, -0.15) is 18.3 Å². The van der Waals surface area contributed by atoms with Gasteiger partial charge in [-0.05, 0) is 40.2 Å². The molecule has 0 aliphatic carbocycles. The molecule has 0 N–H and O–H groups in total. The maximum absolute atomic E-state index is 12.7. The molecule has 2 aromatic rings. The highest BCUT2D eigenvalue weighted by atomic mass is 79.9. The predicted octanol–water partition coefficient (Wildman–Crippen LogP) is 5.60. The Morgan fingerprint density at radius 1 is 1.14 bits per heavy atom. The van der Waals surface area contributed by atoms with Crippen molar-refractivity contribution in [3.63, 3.8) is 0 Å². The molecule has 0 amide bonds. The van der Waals surface area contributed by atoms with Crippen LogP contribution in [-0.4, -0.2) is 9.78 Å². The molecular weight excluding hydrogens is 369 g/mol. The highest BCUT2D eigenvalue weighted by molar-refractivity contribution is 9.10. The summed E-state index contributed by atoms with van der Waals surface area (Å²) < 4.78 is 40.2. The van der Waals surface area contributed by atoms with Gasteiger partial charge in [0.25, 0.3) is 0 Å². The molecule has 7 heteroatoms.